The molecule has 2 aliphatic carbocycles. The molecule has 0 radical (unpaired) electrons. The van der Waals surface area contributed by atoms with E-state index in [4.69, 9.17) is 0 Å². The molecule has 6 atom stereocenters. The van der Waals surface area contributed by atoms with Gasteiger partial charge in [0.1, 0.15) is 0 Å². The summed E-state index contributed by atoms with van der Waals surface area (Å²) in [6.45, 7) is 4.79. The van der Waals surface area contributed by atoms with Gasteiger partial charge in [0.25, 0.3) is 0 Å². The maximum Gasteiger partial charge on any atom is 0.0203 e. The molecule has 76 valence electrons. The van der Waals surface area contributed by atoms with Crippen molar-refractivity contribution in [1.29, 1.82) is 0 Å². The van der Waals surface area contributed by atoms with E-state index < -0.39 is 0 Å². The summed E-state index contributed by atoms with van der Waals surface area (Å²) in [5.74, 6) is 3.66. The van der Waals surface area contributed by atoms with Crippen LogP contribution in [0.4, 0.5) is 0 Å². The maximum absolute atomic E-state index is 3.89. The number of halogens is 2. The van der Waals surface area contributed by atoms with E-state index in [1.165, 1.54) is 19.3 Å². The van der Waals surface area contributed by atoms with Crippen LogP contribution in [0.5, 0.6) is 0 Å². The summed E-state index contributed by atoms with van der Waals surface area (Å²) in [5, 5.41) is 0. The summed E-state index contributed by atoms with van der Waals surface area (Å²) in [6, 6.07) is 0. The molecule has 0 aromatic rings. The van der Waals surface area contributed by atoms with Crippen molar-refractivity contribution in [2.75, 3.05) is 0 Å². The van der Waals surface area contributed by atoms with Gasteiger partial charge in [-0.2, -0.15) is 0 Å². The van der Waals surface area contributed by atoms with Crippen LogP contribution in [-0.4, -0.2) is 9.65 Å². The average molecular weight is 310 g/mol. The molecule has 2 rings (SSSR count). The quantitative estimate of drug-likeness (QED) is 0.588. The van der Waals surface area contributed by atoms with Gasteiger partial charge in [-0.15, -0.1) is 0 Å². The van der Waals surface area contributed by atoms with Crippen molar-refractivity contribution >= 4 is 31.9 Å². The topological polar surface area (TPSA) is 0 Å². The molecule has 6 unspecified atom stereocenters. The molecule has 2 saturated carbocycles. The Morgan fingerprint density at radius 3 is 2.23 bits per heavy atom. The molecule has 0 amide bonds. The van der Waals surface area contributed by atoms with E-state index >= 15 is 0 Å². The van der Waals surface area contributed by atoms with E-state index in [1.807, 2.05) is 0 Å². The second-order valence-electron chi connectivity index (χ2n) is 5.08. The zero-order chi connectivity index (χ0) is 9.59. The lowest BCUT2D eigenvalue weighted by atomic mass is 9.76. The molecule has 0 heterocycles. The average Bonchev–Trinajstić information content (AvgIpc) is 2.44. The van der Waals surface area contributed by atoms with Crippen molar-refractivity contribution in [3.8, 4) is 0 Å². The fraction of sp³-hybridized carbons (Fsp3) is 1.00. The highest BCUT2D eigenvalue weighted by Crippen LogP contribution is 2.51. The first-order valence-corrected chi connectivity index (χ1v) is 7.21. The lowest BCUT2D eigenvalue weighted by Gasteiger charge is -2.38. The Balaban J connectivity index is 2.13. The number of fused-ring (bicyclic) bond motifs is 1. The van der Waals surface area contributed by atoms with Gasteiger partial charge in [0.05, 0.1) is 0 Å². The van der Waals surface area contributed by atoms with Crippen molar-refractivity contribution in [3.05, 3.63) is 0 Å². The number of alkyl halides is 2. The first kappa shape index (κ1) is 10.5. The van der Waals surface area contributed by atoms with Crippen LogP contribution in [0.1, 0.15) is 33.1 Å². The minimum atomic E-state index is 0.774. The monoisotopic (exact) mass is 308 g/mol. The predicted molar refractivity (Wildman–Crippen MR) is 64.6 cm³/mol. The van der Waals surface area contributed by atoms with Gasteiger partial charge in [-0.3, -0.25) is 0 Å². The molecule has 0 spiro atoms. The molecule has 2 heteroatoms. The van der Waals surface area contributed by atoms with Gasteiger partial charge in [0.15, 0.2) is 0 Å². The molecule has 0 aliphatic heterocycles. The zero-order valence-electron chi connectivity index (χ0n) is 8.34. The van der Waals surface area contributed by atoms with E-state index in [9.17, 15) is 0 Å². The van der Waals surface area contributed by atoms with Crippen LogP contribution in [-0.2, 0) is 0 Å². The smallest absolute Gasteiger partial charge is 0.0203 e. The summed E-state index contributed by atoms with van der Waals surface area (Å²) < 4.78 is 0. The first-order valence-electron chi connectivity index (χ1n) is 5.37. The van der Waals surface area contributed by atoms with Crippen molar-refractivity contribution < 1.29 is 0 Å². The third-order valence-electron chi connectivity index (χ3n) is 3.91. The molecule has 0 bridgehead atoms. The van der Waals surface area contributed by atoms with Crippen LogP contribution in [0.2, 0.25) is 0 Å². The van der Waals surface area contributed by atoms with E-state index in [0.29, 0.717) is 0 Å². The van der Waals surface area contributed by atoms with Crippen LogP contribution in [0.25, 0.3) is 0 Å². The van der Waals surface area contributed by atoms with E-state index in [1.54, 1.807) is 0 Å². The van der Waals surface area contributed by atoms with Gasteiger partial charge in [0.2, 0.25) is 0 Å². The van der Waals surface area contributed by atoms with Gasteiger partial charge in [-0.25, -0.2) is 0 Å². The van der Waals surface area contributed by atoms with Gasteiger partial charge in [0, 0.05) is 9.65 Å². The molecule has 0 N–H and O–H groups in total. The molecule has 0 nitrogen and oxygen atoms in total. The number of rotatable bonds is 0. The fourth-order valence-electron chi connectivity index (χ4n) is 3.24. The predicted octanol–water partition coefficient (Wildman–Crippen LogP) is 4.22. The molecule has 0 saturated heterocycles. The summed E-state index contributed by atoms with van der Waals surface area (Å²) in [5.41, 5.74) is 0. The number of hydrogen-bond acceptors (Lipinski definition) is 0. The second-order valence-corrected chi connectivity index (χ2v) is 7.31. The minimum Gasteiger partial charge on any atom is -0.0887 e. The van der Waals surface area contributed by atoms with Gasteiger partial charge in [-0.05, 0) is 42.9 Å². The lowest BCUT2D eigenvalue weighted by molar-refractivity contribution is 0.247. The highest BCUT2D eigenvalue weighted by Gasteiger charge is 2.45. The molecule has 13 heavy (non-hydrogen) atoms. The van der Waals surface area contributed by atoms with Crippen molar-refractivity contribution in [2.24, 2.45) is 23.7 Å². The van der Waals surface area contributed by atoms with Crippen LogP contribution >= 0.6 is 31.9 Å². The third-order valence-corrected chi connectivity index (χ3v) is 6.55. The van der Waals surface area contributed by atoms with Gasteiger partial charge in [-0.1, -0.05) is 45.7 Å². The molecular weight excluding hydrogens is 292 g/mol. The highest BCUT2D eigenvalue weighted by molar-refractivity contribution is 9.10. The molecule has 0 aromatic heterocycles. The van der Waals surface area contributed by atoms with E-state index in [-0.39, 0.29) is 0 Å². The Morgan fingerprint density at radius 2 is 1.54 bits per heavy atom. The van der Waals surface area contributed by atoms with Crippen LogP contribution < -0.4 is 0 Å². The van der Waals surface area contributed by atoms with Gasteiger partial charge < -0.3 is 0 Å². The van der Waals surface area contributed by atoms with Crippen LogP contribution in [0.3, 0.4) is 0 Å². The third kappa shape index (κ3) is 1.86. The fourth-order valence-corrected chi connectivity index (χ4v) is 5.26. The van der Waals surface area contributed by atoms with Crippen LogP contribution in [0.15, 0.2) is 0 Å². The molecule has 0 aromatic carbocycles. The Labute approximate surface area is 98.1 Å². The normalized spacial score (nSPS) is 56.3. The Bertz CT molecular complexity index is 193. The van der Waals surface area contributed by atoms with Crippen LogP contribution in [0, 0.1) is 23.7 Å². The summed E-state index contributed by atoms with van der Waals surface area (Å²) in [4.78, 5) is 1.56. The molecule has 2 aliphatic rings. The Hall–Kier alpha value is 0.960. The number of hydrogen-bond donors (Lipinski definition) is 0. The van der Waals surface area contributed by atoms with E-state index in [2.05, 4.69) is 45.7 Å². The highest BCUT2D eigenvalue weighted by atomic mass is 79.9. The molecule has 2 fully saturated rings. The SMILES string of the molecule is CC1CC2C(Br)CC(C)C(Br)C2C1. The second kappa shape index (κ2) is 3.84. The summed E-state index contributed by atoms with van der Waals surface area (Å²) in [6.07, 6.45) is 4.23. The minimum absolute atomic E-state index is 0.774. The molecular formula is C11H18Br2. The van der Waals surface area contributed by atoms with Crippen molar-refractivity contribution in [2.45, 2.75) is 42.8 Å². The van der Waals surface area contributed by atoms with Crippen molar-refractivity contribution in [3.63, 3.8) is 0 Å². The maximum atomic E-state index is 3.89. The first-order chi connectivity index (χ1) is 6.09. The Kier molecular flexibility index (Phi) is 3.10. The van der Waals surface area contributed by atoms with Gasteiger partial charge >= 0.3 is 0 Å². The largest absolute Gasteiger partial charge is 0.0887 e. The van der Waals surface area contributed by atoms with Crippen molar-refractivity contribution in [1.82, 2.24) is 0 Å². The van der Waals surface area contributed by atoms with E-state index in [0.717, 1.165) is 33.3 Å². The standard InChI is InChI=1S/C11H18Br2/c1-6-3-8-9(4-6)11(13)7(2)5-10(8)12/h6-11H,3-5H2,1-2H3. The zero-order valence-corrected chi connectivity index (χ0v) is 11.5. The lowest BCUT2D eigenvalue weighted by Crippen LogP contribution is -2.37. The Morgan fingerprint density at radius 1 is 0.923 bits per heavy atom. The summed E-state index contributed by atoms with van der Waals surface area (Å²) >= 11 is 7.76. The summed E-state index contributed by atoms with van der Waals surface area (Å²) in [7, 11) is 0.